The van der Waals surface area contributed by atoms with E-state index in [0.717, 1.165) is 5.56 Å². The van der Waals surface area contributed by atoms with Crippen molar-refractivity contribution in [2.45, 2.75) is 18.6 Å². The van der Waals surface area contributed by atoms with Gasteiger partial charge in [-0.3, -0.25) is 0 Å². The topological polar surface area (TPSA) is 69.9 Å². The third-order valence-corrected chi connectivity index (χ3v) is 2.41. The van der Waals surface area contributed by atoms with Crippen molar-refractivity contribution in [3.63, 3.8) is 0 Å². The van der Waals surface area contributed by atoms with E-state index in [2.05, 4.69) is 0 Å². The summed E-state index contributed by atoms with van der Waals surface area (Å²) in [6.45, 7) is -0.156. The van der Waals surface area contributed by atoms with Gasteiger partial charge in [-0.2, -0.15) is 0 Å². The van der Waals surface area contributed by atoms with E-state index in [1.165, 1.54) is 0 Å². The van der Waals surface area contributed by atoms with Crippen LogP contribution in [0.5, 0.6) is 0 Å². The van der Waals surface area contributed by atoms with Crippen molar-refractivity contribution in [2.75, 3.05) is 19.8 Å². The maximum absolute atomic E-state index is 9.55. The van der Waals surface area contributed by atoms with Crippen LogP contribution in [-0.2, 0) is 11.3 Å². The molecule has 0 saturated carbocycles. The minimum atomic E-state index is -1.43. The molecule has 1 rings (SSSR count). The fraction of sp³-hybridized carbons (Fsp3) is 0.500. The van der Waals surface area contributed by atoms with E-state index >= 15 is 0 Å². The lowest BCUT2D eigenvalue weighted by Gasteiger charge is -2.22. The maximum atomic E-state index is 9.55. The van der Waals surface area contributed by atoms with Gasteiger partial charge in [-0.05, 0) is 5.56 Å². The zero-order valence-corrected chi connectivity index (χ0v) is 9.17. The number of aliphatic hydroxyl groups is 3. The zero-order chi connectivity index (χ0) is 11.9. The van der Waals surface area contributed by atoms with Crippen molar-refractivity contribution in [2.24, 2.45) is 0 Å². The Bertz CT molecular complexity index is 282. The second kappa shape index (κ2) is 6.60. The van der Waals surface area contributed by atoms with Crippen LogP contribution >= 0.6 is 0 Å². The van der Waals surface area contributed by atoms with Crippen molar-refractivity contribution in [1.82, 2.24) is 0 Å². The van der Waals surface area contributed by atoms with Gasteiger partial charge in [0.25, 0.3) is 0 Å². The molecule has 4 nitrogen and oxygen atoms in total. The molecule has 0 amide bonds. The van der Waals surface area contributed by atoms with Gasteiger partial charge in [0.2, 0.25) is 0 Å². The predicted octanol–water partition coefficient (Wildman–Crippen LogP) is 0.309. The molecule has 0 heterocycles. The summed E-state index contributed by atoms with van der Waals surface area (Å²) in [5, 5.41) is 27.2. The van der Waals surface area contributed by atoms with Crippen LogP contribution in [0.15, 0.2) is 30.3 Å². The van der Waals surface area contributed by atoms with Gasteiger partial charge in [0.1, 0.15) is 5.60 Å². The van der Waals surface area contributed by atoms with Gasteiger partial charge < -0.3 is 20.1 Å². The molecule has 0 atom stereocenters. The van der Waals surface area contributed by atoms with Gasteiger partial charge >= 0.3 is 0 Å². The Morgan fingerprint density at radius 3 is 2.25 bits per heavy atom. The molecule has 4 heteroatoms. The summed E-state index contributed by atoms with van der Waals surface area (Å²) in [5.41, 5.74) is -0.379. The second-order valence-corrected chi connectivity index (χ2v) is 3.83. The summed E-state index contributed by atoms with van der Waals surface area (Å²) in [4.78, 5) is 0. The first kappa shape index (κ1) is 13.1. The van der Waals surface area contributed by atoms with E-state index < -0.39 is 18.8 Å². The van der Waals surface area contributed by atoms with Gasteiger partial charge in [-0.15, -0.1) is 0 Å². The van der Waals surface area contributed by atoms with Gasteiger partial charge in [0.05, 0.1) is 19.8 Å². The fourth-order valence-electron chi connectivity index (χ4n) is 1.23. The number of hydrogen-bond donors (Lipinski definition) is 3. The van der Waals surface area contributed by atoms with Crippen LogP contribution in [0.3, 0.4) is 0 Å². The molecule has 3 N–H and O–H groups in total. The molecule has 1 aromatic rings. The second-order valence-electron chi connectivity index (χ2n) is 3.83. The summed E-state index contributed by atoms with van der Waals surface area (Å²) < 4.78 is 5.34. The molecule has 0 aliphatic carbocycles. The van der Waals surface area contributed by atoms with Crippen molar-refractivity contribution < 1.29 is 20.1 Å². The van der Waals surface area contributed by atoms with Gasteiger partial charge in [0, 0.05) is 13.0 Å². The highest BCUT2D eigenvalue weighted by molar-refractivity contribution is 5.13. The summed E-state index contributed by atoms with van der Waals surface area (Å²) in [6.07, 6.45) is 0.215. The SMILES string of the molecule is OCC(O)(CO)CCOCc1ccccc1. The number of rotatable bonds is 7. The average Bonchev–Trinajstić information content (AvgIpc) is 2.36. The van der Waals surface area contributed by atoms with Crippen LogP contribution in [-0.4, -0.2) is 40.7 Å². The molecule has 16 heavy (non-hydrogen) atoms. The minimum Gasteiger partial charge on any atom is -0.393 e. The molecular formula is C12H18O4. The highest BCUT2D eigenvalue weighted by Crippen LogP contribution is 2.09. The lowest BCUT2D eigenvalue weighted by molar-refractivity contribution is -0.0752. The van der Waals surface area contributed by atoms with E-state index in [1.54, 1.807) is 0 Å². The van der Waals surface area contributed by atoms with Crippen LogP contribution in [0.25, 0.3) is 0 Å². The Balaban J connectivity index is 2.22. The number of aliphatic hydroxyl groups excluding tert-OH is 2. The van der Waals surface area contributed by atoms with Crippen LogP contribution in [0.4, 0.5) is 0 Å². The molecule has 1 aromatic carbocycles. The largest absolute Gasteiger partial charge is 0.393 e. The molecule has 0 aromatic heterocycles. The number of ether oxygens (including phenoxy) is 1. The van der Waals surface area contributed by atoms with Crippen LogP contribution in [0, 0.1) is 0 Å². The molecular weight excluding hydrogens is 208 g/mol. The third-order valence-electron chi connectivity index (χ3n) is 2.41. The summed E-state index contributed by atoms with van der Waals surface area (Å²) >= 11 is 0. The highest BCUT2D eigenvalue weighted by Gasteiger charge is 2.24. The first-order valence-corrected chi connectivity index (χ1v) is 5.26. The molecule has 0 unspecified atom stereocenters. The molecule has 0 fully saturated rings. The van der Waals surface area contributed by atoms with E-state index in [9.17, 15) is 5.11 Å². The molecule has 0 aliphatic rings. The van der Waals surface area contributed by atoms with Crippen LogP contribution in [0.1, 0.15) is 12.0 Å². The molecule has 0 aliphatic heterocycles. The molecule has 90 valence electrons. The summed E-state index contributed by atoms with van der Waals surface area (Å²) in [6, 6.07) is 9.68. The first-order valence-electron chi connectivity index (χ1n) is 5.26. The van der Waals surface area contributed by atoms with Gasteiger partial charge in [-0.25, -0.2) is 0 Å². The minimum absolute atomic E-state index is 0.215. The number of hydrogen-bond acceptors (Lipinski definition) is 4. The number of benzene rings is 1. The quantitative estimate of drug-likeness (QED) is 0.585. The lowest BCUT2D eigenvalue weighted by Crippen LogP contribution is -2.38. The zero-order valence-electron chi connectivity index (χ0n) is 9.17. The van der Waals surface area contributed by atoms with Crippen LogP contribution < -0.4 is 0 Å². The molecule has 0 bridgehead atoms. The summed E-state index contributed by atoms with van der Waals surface area (Å²) in [7, 11) is 0. The van der Waals surface area contributed by atoms with Gasteiger partial charge in [0.15, 0.2) is 0 Å². The Hall–Kier alpha value is -0.940. The Kier molecular flexibility index (Phi) is 5.42. The van der Waals surface area contributed by atoms with E-state index in [0.29, 0.717) is 13.2 Å². The maximum Gasteiger partial charge on any atom is 0.113 e. The van der Waals surface area contributed by atoms with Crippen LogP contribution in [0.2, 0.25) is 0 Å². The lowest BCUT2D eigenvalue weighted by atomic mass is 10.0. The molecule has 0 saturated heterocycles. The Morgan fingerprint density at radius 1 is 1.06 bits per heavy atom. The van der Waals surface area contributed by atoms with Crippen molar-refractivity contribution >= 4 is 0 Å². The summed E-state index contributed by atoms with van der Waals surface area (Å²) in [5.74, 6) is 0. The fourth-order valence-corrected chi connectivity index (χ4v) is 1.23. The Labute approximate surface area is 95.1 Å². The van der Waals surface area contributed by atoms with Crippen molar-refractivity contribution in [3.05, 3.63) is 35.9 Å². The van der Waals surface area contributed by atoms with E-state index in [4.69, 9.17) is 14.9 Å². The van der Waals surface area contributed by atoms with Gasteiger partial charge in [-0.1, -0.05) is 30.3 Å². The van der Waals surface area contributed by atoms with Crippen molar-refractivity contribution in [1.29, 1.82) is 0 Å². The first-order chi connectivity index (χ1) is 7.70. The standard InChI is InChI=1S/C12H18O4/c13-9-12(15,10-14)6-7-16-8-11-4-2-1-3-5-11/h1-5,13-15H,6-10H2. The smallest absolute Gasteiger partial charge is 0.113 e. The predicted molar refractivity (Wildman–Crippen MR) is 59.8 cm³/mol. The monoisotopic (exact) mass is 226 g/mol. The van der Waals surface area contributed by atoms with Crippen molar-refractivity contribution in [3.8, 4) is 0 Å². The average molecular weight is 226 g/mol. The molecule has 0 radical (unpaired) electrons. The molecule has 0 spiro atoms. The van der Waals surface area contributed by atoms with E-state index in [1.807, 2.05) is 30.3 Å². The Morgan fingerprint density at radius 2 is 1.69 bits per heavy atom. The van der Waals surface area contributed by atoms with E-state index in [-0.39, 0.29) is 6.42 Å². The highest BCUT2D eigenvalue weighted by atomic mass is 16.5. The normalized spacial score (nSPS) is 11.7. The third kappa shape index (κ3) is 4.28.